The fraction of sp³-hybridized carbons (Fsp3) is 0.438. The van der Waals surface area contributed by atoms with Crippen LogP contribution in [0.3, 0.4) is 0 Å². The third-order valence-corrected chi connectivity index (χ3v) is 3.84. The van der Waals surface area contributed by atoms with Crippen molar-refractivity contribution in [3.8, 4) is 5.75 Å². The van der Waals surface area contributed by atoms with Crippen LogP contribution in [0.1, 0.15) is 30.1 Å². The van der Waals surface area contributed by atoms with Crippen LogP contribution in [0.4, 0.5) is 4.39 Å². The molecule has 2 rings (SSSR count). The summed E-state index contributed by atoms with van der Waals surface area (Å²) >= 11 is 1.52. The van der Waals surface area contributed by atoms with Crippen LogP contribution in [0.15, 0.2) is 23.6 Å². The van der Waals surface area contributed by atoms with Crippen molar-refractivity contribution in [2.24, 2.45) is 5.92 Å². The number of hydrogen-bond donors (Lipinski definition) is 1. The van der Waals surface area contributed by atoms with Crippen molar-refractivity contribution in [3.63, 3.8) is 0 Å². The van der Waals surface area contributed by atoms with E-state index in [1.807, 2.05) is 18.4 Å². The van der Waals surface area contributed by atoms with E-state index in [2.05, 4.69) is 24.1 Å². The molecule has 114 valence electrons. The smallest absolute Gasteiger partial charge is 0.165 e. The van der Waals surface area contributed by atoms with Gasteiger partial charge < -0.3 is 10.1 Å². The molecule has 0 aliphatic rings. The van der Waals surface area contributed by atoms with Crippen LogP contribution in [0.5, 0.6) is 5.75 Å². The SMILES string of the molecule is Cc1csc(COc2ccc(CNCC(C)C)cc2F)n1. The Morgan fingerprint density at radius 3 is 2.81 bits per heavy atom. The first-order valence-electron chi connectivity index (χ1n) is 7.07. The van der Waals surface area contributed by atoms with E-state index in [0.29, 0.717) is 19.1 Å². The molecule has 0 saturated carbocycles. The molecule has 0 bridgehead atoms. The van der Waals surface area contributed by atoms with Gasteiger partial charge in [-0.1, -0.05) is 19.9 Å². The van der Waals surface area contributed by atoms with Crippen LogP contribution in [-0.2, 0) is 13.2 Å². The number of nitrogens with one attached hydrogen (secondary N) is 1. The van der Waals surface area contributed by atoms with E-state index in [9.17, 15) is 4.39 Å². The van der Waals surface area contributed by atoms with Crippen LogP contribution in [-0.4, -0.2) is 11.5 Å². The summed E-state index contributed by atoms with van der Waals surface area (Å²) < 4.78 is 19.5. The first-order valence-corrected chi connectivity index (χ1v) is 7.95. The van der Waals surface area contributed by atoms with E-state index in [4.69, 9.17) is 4.74 Å². The zero-order chi connectivity index (χ0) is 15.2. The van der Waals surface area contributed by atoms with Crippen molar-refractivity contribution in [2.75, 3.05) is 6.54 Å². The molecule has 1 heterocycles. The van der Waals surface area contributed by atoms with Gasteiger partial charge in [-0.25, -0.2) is 9.37 Å². The molecule has 1 aromatic heterocycles. The molecule has 0 aliphatic carbocycles. The maximum absolute atomic E-state index is 14.0. The number of ether oxygens (including phenoxy) is 1. The van der Waals surface area contributed by atoms with Gasteiger partial charge in [0.2, 0.25) is 0 Å². The monoisotopic (exact) mass is 308 g/mol. The molecule has 0 spiro atoms. The number of aromatic nitrogens is 1. The lowest BCUT2D eigenvalue weighted by Gasteiger charge is -2.09. The normalized spacial score (nSPS) is 11.1. The Bertz CT molecular complexity index is 583. The van der Waals surface area contributed by atoms with Gasteiger partial charge in [-0.05, 0) is 37.1 Å². The molecule has 21 heavy (non-hydrogen) atoms. The Labute approximate surface area is 129 Å². The zero-order valence-electron chi connectivity index (χ0n) is 12.6. The second-order valence-corrected chi connectivity index (χ2v) is 6.40. The van der Waals surface area contributed by atoms with Crippen molar-refractivity contribution in [3.05, 3.63) is 45.7 Å². The standard InChI is InChI=1S/C16H21FN2OS/c1-11(2)7-18-8-13-4-5-15(14(17)6-13)20-9-16-19-12(3)10-21-16/h4-6,10-11,18H,7-9H2,1-3H3. The number of benzene rings is 1. The summed E-state index contributed by atoms with van der Waals surface area (Å²) in [5, 5.41) is 6.11. The highest BCUT2D eigenvalue weighted by Crippen LogP contribution is 2.20. The molecule has 0 atom stereocenters. The third kappa shape index (κ3) is 5.10. The molecule has 0 aliphatic heterocycles. The minimum Gasteiger partial charge on any atom is -0.483 e. The van der Waals surface area contributed by atoms with Gasteiger partial charge in [-0.2, -0.15) is 0 Å². The van der Waals surface area contributed by atoms with Crippen LogP contribution in [0.2, 0.25) is 0 Å². The number of thiazole rings is 1. The van der Waals surface area contributed by atoms with E-state index >= 15 is 0 Å². The first kappa shape index (κ1) is 15.9. The molecule has 0 radical (unpaired) electrons. The van der Waals surface area contributed by atoms with Crippen molar-refractivity contribution >= 4 is 11.3 Å². The predicted molar refractivity (Wildman–Crippen MR) is 84.1 cm³/mol. The summed E-state index contributed by atoms with van der Waals surface area (Å²) in [6.07, 6.45) is 0. The molecule has 0 amide bonds. The lowest BCUT2D eigenvalue weighted by Crippen LogP contribution is -2.19. The summed E-state index contributed by atoms with van der Waals surface area (Å²) in [7, 11) is 0. The summed E-state index contributed by atoms with van der Waals surface area (Å²) in [5.41, 5.74) is 1.89. The molecule has 0 unspecified atom stereocenters. The fourth-order valence-corrected chi connectivity index (χ4v) is 2.57. The van der Waals surface area contributed by atoms with Crippen molar-refractivity contribution in [1.82, 2.24) is 10.3 Å². The average molecular weight is 308 g/mol. The molecule has 1 N–H and O–H groups in total. The molecule has 3 nitrogen and oxygen atoms in total. The Morgan fingerprint density at radius 2 is 2.19 bits per heavy atom. The van der Waals surface area contributed by atoms with Crippen molar-refractivity contribution < 1.29 is 9.13 Å². The lowest BCUT2D eigenvalue weighted by molar-refractivity contribution is 0.289. The fourth-order valence-electron chi connectivity index (χ4n) is 1.89. The minimum absolute atomic E-state index is 0.274. The van der Waals surface area contributed by atoms with Gasteiger partial charge in [-0.15, -0.1) is 11.3 Å². The zero-order valence-corrected chi connectivity index (χ0v) is 13.5. The molecule has 0 saturated heterocycles. The molecule has 1 aromatic carbocycles. The van der Waals surface area contributed by atoms with Crippen molar-refractivity contribution in [2.45, 2.75) is 33.9 Å². The highest BCUT2D eigenvalue weighted by molar-refractivity contribution is 7.09. The number of rotatable bonds is 7. The van der Waals surface area contributed by atoms with Crippen LogP contribution >= 0.6 is 11.3 Å². The molecular weight excluding hydrogens is 287 g/mol. The van der Waals surface area contributed by atoms with Gasteiger partial charge in [0.15, 0.2) is 11.6 Å². The van der Waals surface area contributed by atoms with Gasteiger partial charge in [0.25, 0.3) is 0 Å². The summed E-state index contributed by atoms with van der Waals surface area (Å²) in [5.74, 6) is 0.529. The number of nitrogens with zero attached hydrogens (tertiary/aromatic N) is 1. The van der Waals surface area contributed by atoms with Crippen LogP contribution in [0.25, 0.3) is 0 Å². The summed E-state index contributed by atoms with van der Waals surface area (Å²) in [6.45, 7) is 8.11. The lowest BCUT2D eigenvalue weighted by atomic mass is 10.2. The largest absolute Gasteiger partial charge is 0.483 e. The molecular formula is C16H21FN2OS. The van der Waals surface area contributed by atoms with Crippen LogP contribution in [0, 0.1) is 18.7 Å². The third-order valence-electron chi connectivity index (χ3n) is 2.90. The van der Waals surface area contributed by atoms with E-state index in [-0.39, 0.29) is 11.6 Å². The maximum atomic E-state index is 14.0. The molecule has 2 aromatic rings. The number of hydrogen-bond acceptors (Lipinski definition) is 4. The van der Waals surface area contributed by atoms with E-state index in [0.717, 1.165) is 22.8 Å². The van der Waals surface area contributed by atoms with Gasteiger partial charge in [0.05, 0.1) is 0 Å². The van der Waals surface area contributed by atoms with E-state index in [1.54, 1.807) is 6.07 Å². The Hall–Kier alpha value is -1.46. The Kier molecular flexibility index (Phi) is 5.70. The quantitative estimate of drug-likeness (QED) is 0.842. The highest BCUT2D eigenvalue weighted by Gasteiger charge is 2.07. The Balaban J connectivity index is 1.89. The molecule has 5 heteroatoms. The molecule has 0 fully saturated rings. The Morgan fingerprint density at radius 1 is 1.38 bits per heavy atom. The summed E-state index contributed by atoms with van der Waals surface area (Å²) in [4.78, 5) is 4.29. The van der Waals surface area contributed by atoms with Gasteiger partial charge >= 0.3 is 0 Å². The predicted octanol–water partition coefficient (Wildman–Crippen LogP) is 3.92. The summed E-state index contributed by atoms with van der Waals surface area (Å²) in [6, 6.07) is 5.09. The maximum Gasteiger partial charge on any atom is 0.165 e. The van der Waals surface area contributed by atoms with E-state index in [1.165, 1.54) is 17.4 Å². The highest BCUT2D eigenvalue weighted by atomic mass is 32.1. The average Bonchev–Trinajstić information content (AvgIpc) is 2.83. The van der Waals surface area contributed by atoms with Crippen LogP contribution < -0.4 is 10.1 Å². The number of halogens is 1. The van der Waals surface area contributed by atoms with Gasteiger partial charge in [0, 0.05) is 17.6 Å². The van der Waals surface area contributed by atoms with Crippen molar-refractivity contribution in [1.29, 1.82) is 0 Å². The van der Waals surface area contributed by atoms with E-state index < -0.39 is 0 Å². The topological polar surface area (TPSA) is 34.1 Å². The van der Waals surface area contributed by atoms with Gasteiger partial charge in [-0.3, -0.25) is 0 Å². The first-order chi connectivity index (χ1) is 10.0. The second kappa shape index (κ2) is 7.52. The number of aryl methyl sites for hydroxylation is 1. The minimum atomic E-state index is -0.327. The second-order valence-electron chi connectivity index (χ2n) is 5.46. The van der Waals surface area contributed by atoms with Gasteiger partial charge in [0.1, 0.15) is 11.6 Å².